The molecule has 0 unspecified atom stereocenters. The fourth-order valence-electron chi connectivity index (χ4n) is 3.12. The molecule has 1 aliphatic heterocycles. The van der Waals surface area contributed by atoms with E-state index in [0.717, 1.165) is 18.2 Å². The van der Waals surface area contributed by atoms with Crippen LogP contribution in [0.1, 0.15) is 21.6 Å². The summed E-state index contributed by atoms with van der Waals surface area (Å²) in [5, 5.41) is 5.85. The normalized spacial score (nSPS) is 13.7. The number of anilines is 1. The first kappa shape index (κ1) is 21.5. The monoisotopic (exact) mass is 457 g/mol. The maximum Gasteiger partial charge on any atom is 0.434 e. The van der Waals surface area contributed by atoms with Gasteiger partial charge in [0.05, 0.1) is 23.0 Å². The molecule has 168 valence electrons. The highest BCUT2D eigenvalue weighted by Gasteiger charge is 2.41. The lowest BCUT2D eigenvalue weighted by Crippen LogP contribution is -2.21. The van der Waals surface area contributed by atoms with Gasteiger partial charge in [0, 0.05) is 11.8 Å². The van der Waals surface area contributed by atoms with E-state index in [1.165, 1.54) is 18.2 Å². The Labute approximate surface area is 176 Å². The van der Waals surface area contributed by atoms with Crippen molar-refractivity contribution in [1.82, 2.24) is 9.78 Å². The minimum absolute atomic E-state index is 0.138. The van der Waals surface area contributed by atoms with Gasteiger partial charge in [-0.2, -0.15) is 31.4 Å². The molecule has 0 saturated carbocycles. The Morgan fingerprint density at radius 3 is 2.34 bits per heavy atom. The first-order chi connectivity index (χ1) is 15.0. The number of nitrogens with one attached hydrogen (secondary N) is 1. The number of hydrogen-bond acceptors (Lipinski definition) is 4. The van der Waals surface area contributed by atoms with Gasteiger partial charge < -0.3 is 14.8 Å². The predicted octanol–water partition coefficient (Wildman–Crippen LogP) is 4.93. The van der Waals surface area contributed by atoms with Crippen LogP contribution in [0.3, 0.4) is 0 Å². The van der Waals surface area contributed by atoms with Gasteiger partial charge in [-0.25, -0.2) is 4.68 Å². The third-order valence-electron chi connectivity index (χ3n) is 4.50. The maximum absolute atomic E-state index is 13.8. The lowest BCUT2D eigenvalue weighted by Gasteiger charge is -2.19. The summed E-state index contributed by atoms with van der Waals surface area (Å²) in [4.78, 5) is 12.6. The van der Waals surface area contributed by atoms with E-state index in [2.05, 4.69) is 10.4 Å². The highest BCUT2D eigenvalue weighted by molar-refractivity contribution is 6.05. The van der Waals surface area contributed by atoms with Crippen LogP contribution in [0.15, 0.2) is 48.7 Å². The summed E-state index contributed by atoms with van der Waals surface area (Å²) < 4.78 is 91.3. The van der Waals surface area contributed by atoms with Crippen LogP contribution in [0, 0.1) is 0 Å². The number of aromatic nitrogens is 2. The van der Waals surface area contributed by atoms with Crippen molar-refractivity contribution >= 4 is 11.6 Å². The zero-order valence-electron chi connectivity index (χ0n) is 15.9. The van der Waals surface area contributed by atoms with Gasteiger partial charge in [0.2, 0.25) is 0 Å². The highest BCUT2D eigenvalue weighted by atomic mass is 19.4. The van der Waals surface area contributed by atoms with Gasteiger partial charge in [-0.1, -0.05) is 6.07 Å². The minimum Gasteiger partial charge on any atom is -0.486 e. The molecule has 0 spiro atoms. The van der Waals surface area contributed by atoms with Crippen molar-refractivity contribution in [2.45, 2.75) is 12.4 Å². The van der Waals surface area contributed by atoms with E-state index < -0.39 is 40.8 Å². The molecule has 0 atom stereocenters. The number of benzene rings is 2. The van der Waals surface area contributed by atoms with E-state index in [-0.39, 0.29) is 17.0 Å². The third kappa shape index (κ3) is 4.20. The second-order valence-corrected chi connectivity index (χ2v) is 6.68. The summed E-state index contributed by atoms with van der Waals surface area (Å²) in [5.74, 6) is -0.417. The summed E-state index contributed by atoms with van der Waals surface area (Å²) in [6, 6.07) is 7.50. The second kappa shape index (κ2) is 7.77. The molecule has 12 heteroatoms. The average molecular weight is 457 g/mol. The molecule has 6 nitrogen and oxygen atoms in total. The molecule has 0 radical (unpaired) electrons. The minimum atomic E-state index is -5.08. The van der Waals surface area contributed by atoms with Crippen molar-refractivity contribution in [3.8, 4) is 17.2 Å². The largest absolute Gasteiger partial charge is 0.486 e. The quantitative estimate of drug-likeness (QED) is 0.567. The Bertz CT molecular complexity index is 1170. The molecule has 0 bridgehead atoms. The number of carbonyl (C=O) groups excluding carboxylic acids is 1. The Morgan fingerprint density at radius 2 is 1.66 bits per heavy atom. The molecule has 3 aromatic rings. The van der Waals surface area contributed by atoms with Gasteiger partial charge in [0.1, 0.15) is 13.2 Å². The Morgan fingerprint density at radius 1 is 0.938 bits per heavy atom. The number of carbonyl (C=O) groups is 1. The van der Waals surface area contributed by atoms with E-state index in [9.17, 15) is 31.1 Å². The number of halogens is 6. The molecule has 1 aliphatic rings. The van der Waals surface area contributed by atoms with Crippen molar-refractivity contribution < 1.29 is 40.6 Å². The fourth-order valence-corrected chi connectivity index (χ4v) is 3.12. The van der Waals surface area contributed by atoms with Crippen LogP contribution in [-0.4, -0.2) is 28.9 Å². The average Bonchev–Trinajstić information content (AvgIpc) is 3.19. The molecule has 1 N–H and O–H groups in total. The first-order valence-electron chi connectivity index (χ1n) is 9.08. The Kier molecular flexibility index (Phi) is 5.23. The van der Waals surface area contributed by atoms with Crippen LogP contribution < -0.4 is 14.8 Å². The number of hydrogen-bond donors (Lipinski definition) is 1. The van der Waals surface area contributed by atoms with Crippen molar-refractivity contribution in [3.63, 3.8) is 0 Å². The van der Waals surface area contributed by atoms with Gasteiger partial charge in [0.25, 0.3) is 5.91 Å². The van der Waals surface area contributed by atoms with E-state index in [1.54, 1.807) is 0 Å². The van der Waals surface area contributed by atoms with E-state index in [0.29, 0.717) is 30.4 Å². The number of nitrogens with zero attached hydrogens (tertiary/aromatic N) is 2. The maximum atomic E-state index is 13.8. The molecular weight excluding hydrogens is 444 g/mol. The van der Waals surface area contributed by atoms with Crippen molar-refractivity contribution in [2.75, 3.05) is 18.5 Å². The first-order valence-corrected chi connectivity index (χ1v) is 9.08. The molecule has 4 rings (SSSR count). The van der Waals surface area contributed by atoms with Gasteiger partial charge in [-0.05, 0) is 30.3 Å². The van der Waals surface area contributed by atoms with E-state index in [4.69, 9.17) is 9.47 Å². The number of fused-ring (bicyclic) bond motifs is 1. The number of rotatable bonds is 3. The van der Waals surface area contributed by atoms with Crippen molar-refractivity contribution in [3.05, 3.63) is 65.5 Å². The summed E-state index contributed by atoms with van der Waals surface area (Å²) in [6.07, 6.45) is -9.19. The highest BCUT2D eigenvalue weighted by Crippen LogP contribution is 2.37. The summed E-state index contributed by atoms with van der Waals surface area (Å²) >= 11 is 0. The smallest absolute Gasteiger partial charge is 0.434 e. The molecule has 0 fully saturated rings. The Balaban J connectivity index is 1.70. The molecule has 32 heavy (non-hydrogen) atoms. The summed E-state index contributed by atoms with van der Waals surface area (Å²) in [6.45, 7) is 0.606. The molecule has 0 aliphatic carbocycles. The van der Waals surface area contributed by atoms with Crippen LogP contribution in [0.4, 0.5) is 32.0 Å². The van der Waals surface area contributed by atoms with Crippen molar-refractivity contribution in [2.24, 2.45) is 0 Å². The van der Waals surface area contributed by atoms with Crippen LogP contribution in [-0.2, 0) is 12.4 Å². The fraction of sp³-hybridized carbons (Fsp3) is 0.200. The SMILES string of the molecule is O=C(Nc1ccc2c(c1)OCCO2)c1cnn(-c2cccc(C(F)(F)F)c2)c1C(F)(F)F. The van der Waals surface area contributed by atoms with Crippen LogP contribution in [0.25, 0.3) is 5.69 Å². The van der Waals surface area contributed by atoms with Gasteiger partial charge >= 0.3 is 12.4 Å². The second-order valence-electron chi connectivity index (χ2n) is 6.68. The molecule has 2 heterocycles. The number of ether oxygens (including phenoxy) is 2. The van der Waals surface area contributed by atoms with Crippen LogP contribution in [0.2, 0.25) is 0 Å². The van der Waals surface area contributed by atoms with Crippen LogP contribution >= 0.6 is 0 Å². The van der Waals surface area contributed by atoms with Gasteiger partial charge in [-0.3, -0.25) is 4.79 Å². The van der Waals surface area contributed by atoms with Crippen molar-refractivity contribution in [1.29, 1.82) is 0 Å². The zero-order valence-corrected chi connectivity index (χ0v) is 15.9. The summed E-state index contributed by atoms with van der Waals surface area (Å²) in [7, 11) is 0. The standard InChI is InChI=1S/C20H13F6N3O3/c21-19(22,23)11-2-1-3-13(8-11)29-17(20(24,25)26)14(10-27-29)18(30)28-12-4-5-15-16(9-12)32-7-6-31-15/h1-5,8-10H,6-7H2,(H,28,30). The predicted molar refractivity (Wildman–Crippen MR) is 99.0 cm³/mol. The molecule has 1 amide bonds. The molecular formula is C20H13F6N3O3. The zero-order chi connectivity index (χ0) is 23.1. The lowest BCUT2D eigenvalue weighted by atomic mass is 10.1. The molecule has 1 aromatic heterocycles. The van der Waals surface area contributed by atoms with E-state index in [1.807, 2.05) is 0 Å². The molecule has 2 aromatic carbocycles. The van der Waals surface area contributed by atoms with Gasteiger partial charge in [0.15, 0.2) is 17.2 Å². The van der Waals surface area contributed by atoms with E-state index >= 15 is 0 Å². The molecule has 0 saturated heterocycles. The van der Waals surface area contributed by atoms with Gasteiger partial charge in [-0.15, -0.1) is 0 Å². The third-order valence-corrected chi connectivity index (χ3v) is 4.50. The summed E-state index contributed by atoms with van der Waals surface area (Å²) in [5.41, 5.74) is -3.87. The topological polar surface area (TPSA) is 65.4 Å². The lowest BCUT2D eigenvalue weighted by molar-refractivity contribution is -0.143. The number of alkyl halides is 6. The number of amides is 1. The Hall–Kier alpha value is -3.70. The van der Waals surface area contributed by atoms with Crippen LogP contribution in [0.5, 0.6) is 11.5 Å².